The number of hydrogen-bond acceptors (Lipinski definition) is 5. The van der Waals surface area contributed by atoms with E-state index in [1.54, 1.807) is 38.1 Å². The zero-order valence-electron chi connectivity index (χ0n) is 16.1. The second kappa shape index (κ2) is 8.21. The lowest BCUT2D eigenvalue weighted by molar-refractivity contribution is -0.274. The molecule has 152 valence electrons. The number of halogens is 3. The molecular weight excluding hydrogens is 395 g/mol. The smallest absolute Gasteiger partial charge is 0.406 e. The molecule has 0 radical (unpaired) electrons. The van der Waals surface area contributed by atoms with E-state index < -0.39 is 6.36 Å². The molecule has 0 saturated carbocycles. The van der Waals surface area contributed by atoms with Gasteiger partial charge in [0.2, 0.25) is 0 Å². The van der Waals surface area contributed by atoms with Crippen molar-refractivity contribution in [1.29, 1.82) is 5.26 Å². The molecule has 3 rings (SSSR count). The van der Waals surface area contributed by atoms with Gasteiger partial charge in [-0.05, 0) is 55.8 Å². The minimum Gasteiger partial charge on any atom is -0.406 e. The van der Waals surface area contributed by atoms with Gasteiger partial charge in [-0.1, -0.05) is 18.7 Å². The van der Waals surface area contributed by atoms with Crippen LogP contribution in [0.25, 0.3) is 17.5 Å². The summed E-state index contributed by atoms with van der Waals surface area (Å²) in [5.74, 6) is 0.471. The molecule has 0 amide bonds. The summed E-state index contributed by atoms with van der Waals surface area (Å²) in [4.78, 5) is 0. The van der Waals surface area contributed by atoms with E-state index in [1.807, 2.05) is 0 Å². The molecule has 0 bridgehead atoms. The molecule has 0 aliphatic rings. The van der Waals surface area contributed by atoms with Crippen molar-refractivity contribution >= 4 is 11.8 Å². The van der Waals surface area contributed by atoms with E-state index in [9.17, 15) is 13.2 Å². The second-order valence-electron chi connectivity index (χ2n) is 6.30. The third-order valence-electron chi connectivity index (χ3n) is 4.17. The number of ether oxygens (including phenoxy) is 1. The molecule has 0 saturated heterocycles. The van der Waals surface area contributed by atoms with Crippen LogP contribution in [0.15, 0.2) is 54.1 Å². The summed E-state index contributed by atoms with van der Waals surface area (Å²) in [6.45, 7) is 7.09. The van der Waals surface area contributed by atoms with Crippen LogP contribution < -0.4 is 4.74 Å². The third kappa shape index (κ3) is 4.55. The quantitative estimate of drug-likeness (QED) is 0.558. The SMILES string of the molecule is C=Cc1nnc(-c2cccc(C#N)c2)n1/N=C(\C)c1ccc(OC(F)(F)F)cc1C. The molecule has 30 heavy (non-hydrogen) atoms. The first-order valence-electron chi connectivity index (χ1n) is 8.72. The van der Waals surface area contributed by atoms with Gasteiger partial charge in [-0.15, -0.1) is 23.4 Å². The van der Waals surface area contributed by atoms with E-state index >= 15 is 0 Å². The average Bonchev–Trinajstić information content (AvgIpc) is 3.09. The van der Waals surface area contributed by atoms with Crippen LogP contribution in [-0.4, -0.2) is 26.9 Å². The Balaban J connectivity index is 2.03. The van der Waals surface area contributed by atoms with Gasteiger partial charge in [0.05, 0.1) is 17.3 Å². The van der Waals surface area contributed by atoms with Crippen LogP contribution in [0, 0.1) is 18.3 Å². The summed E-state index contributed by atoms with van der Waals surface area (Å²) in [6, 6.07) is 12.9. The van der Waals surface area contributed by atoms with Gasteiger partial charge < -0.3 is 4.74 Å². The number of nitriles is 1. The predicted molar refractivity (Wildman–Crippen MR) is 106 cm³/mol. The first kappa shape index (κ1) is 20.8. The number of hydrogen-bond donors (Lipinski definition) is 0. The van der Waals surface area contributed by atoms with Gasteiger partial charge in [0.1, 0.15) is 5.75 Å². The monoisotopic (exact) mass is 411 g/mol. The molecule has 9 heteroatoms. The van der Waals surface area contributed by atoms with E-state index in [0.29, 0.717) is 39.6 Å². The number of alkyl halides is 3. The van der Waals surface area contributed by atoms with Crippen LogP contribution in [0.5, 0.6) is 5.75 Å². The Morgan fingerprint density at radius 3 is 2.63 bits per heavy atom. The highest BCUT2D eigenvalue weighted by molar-refractivity contribution is 6.00. The van der Waals surface area contributed by atoms with Crippen LogP contribution in [0.3, 0.4) is 0 Å². The summed E-state index contributed by atoms with van der Waals surface area (Å²) in [6.07, 6.45) is -3.28. The number of aryl methyl sites for hydroxylation is 1. The lowest BCUT2D eigenvalue weighted by atomic mass is 10.0. The third-order valence-corrected chi connectivity index (χ3v) is 4.17. The van der Waals surface area contributed by atoms with Crippen LogP contribution in [0.4, 0.5) is 13.2 Å². The van der Waals surface area contributed by atoms with Gasteiger partial charge in [0.25, 0.3) is 0 Å². The molecule has 0 atom stereocenters. The topological polar surface area (TPSA) is 76.1 Å². The minimum absolute atomic E-state index is 0.304. The minimum atomic E-state index is -4.76. The lowest BCUT2D eigenvalue weighted by Gasteiger charge is -2.12. The van der Waals surface area contributed by atoms with Crippen molar-refractivity contribution in [3.63, 3.8) is 0 Å². The van der Waals surface area contributed by atoms with Crippen molar-refractivity contribution in [2.75, 3.05) is 0 Å². The molecule has 0 unspecified atom stereocenters. The first-order valence-corrected chi connectivity index (χ1v) is 8.72. The molecule has 0 aliphatic carbocycles. The van der Waals surface area contributed by atoms with Gasteiger partial charge in [0.15, 0.2) is 11.6 Å². The summed E-state index contributed by atoms with van der Waals surface area (Å²) in [5.41, 5.74) is 2.80. The summed E-state index contributed by atoms with van der Waals surface area (Å²) in [7, 11) is 0. The van der Waals surface area contributed by atoms with E-state index in [-0.39, 0.29) is 5.75 Å². The molecular formula is C21H16F3N5O. The highest BCUT2D eigenvalue weighted by Crippen LogP contribution is 2.26. The van der Waals surface area contributed by atoms with E-state index in [0.717, 1.165) is 0 Å². The highest BCUT2D eigenvalue weighted by atomic mass is 19.4. The van der Waals surface area contributed by atoms with Crippen molar-refractivity contribution in [3.8, 4) is 23.2 Å². The summed E-state index contributed by atoms with van der Waals surface area (Å²) >= 11 is 0. The molecule has 1 heterocycles. The van der Waals surface area contributed by atoms with E-state index in [1.165, 1.54) is 29.0 Å². The van der Waals surface area contributed by atoms with Crippen molar-refractivity contribution in [2.45, 2.75) is 20.2 Å². The lowest BCUT2D eigenvalue weighted by Crippen LogP contribution is -2.17. The number of rotatable bonds is 5. The standard InChI is InChI=1S/C21H16F3N5O/c1-4-19-26-27-20(16-7-5-6-15(11-16)12-25)29(19)28-14(3)18-9-8-17(10-13(18)2)30-21(22,23)24/h4-11H,1H2,2-3H3/b28-14+. The van der Waals surface area contributed by atoms with E-state index in [4.69, 9.17) is 5.26 Å². The Hall–Kier alpha value is -3.93. The maximum atomic E-state index is 12.4. The Bertz CT molecular complexity index is 1170. The Labute approximate surface area is 170 Å². The van der Waals surface area contributed by atoms with Crippen LogP contribution in [0.2, 0.25) is 0 Å². The molecule has 0 N–H and O–H groups in total. The highest BCUT2D eigenvalue weighted by Gasteiger charge is 2.31. The van der Waals surface area contributed by atoms with Crippen molar-refractivity contribution < 1.29 is 17.9 Å². The van der Waals surface area contributed by atoms with Crippen LogP contribution in [-0.2, 0) is 0 Å². The van der Waals surface area contributed by atoms with Crippen LogP contribution >= 0.6 is 0 Å². The molecule has 1 aromatic heterocycles. The zero-order chi connectivity index (χ0) is 21.9. The predicted octanol–water partition coefficient (Wildman–Crippen LogP) is 4.94. The van der Waals surface area contributed by atoms with Gasteiger partial charge in [-0.3, -0.25) is 0 Å². The van der Waals surface area contributed by atoms with Gasteiger partial charge >= 0.3 is 6.36 Å². The Kier molecular flexibility index (Phi) is 5.69. The summed E-state index contributed by atoms with van der Waals surface area (Å²) < 4.78 is 42.7. The molecule has 3 aromatic rings. The fourth-order valence-electron chi connectivity index (χ4n) is 2.87. The molecule has 2 aromatic carbocycles. The number of aromatic nitrogens is 3. The fourth-order valence-corrected chi connectivity index (χ4v) is 2.87. The Morgan fingerprint density at radius 1 is 1.23 bits per heavy atom. The zero-order valence-corrected chi connectivity index (χ0v) is 16.1. The largest absolute Gasteiger partial charge is 0.573 e. The first-order chi connectivity index (χ1) is 14.2. The second-order valence-corrected chi connectivity index (χ2v) is 6.30. The number of benzene rings is 2. The van der Waals surface area contributed by atoms with Gasteiger partial charge in [0, 0.05) is 11.1 Å². The Morgan fingerprint density at radius 2 is 2.00 bits per heavy atom. The maximum Gasteiger partial charge on any atom is 0.573 e. The molecule has 6 nitrogen and oxygen atoms in total. The van der Waals surface area contributed by atoms with Gasteiger partial charge in [-0.25, -0.2) is 0 Å². The van der Waals surface area contributed by atoms with Crippen molar-refractivity contribution in [2.24, 2.45) is 5.10 Å². The molecule has 0 fully saturated rings. The maximum absolute atomic E-state index is 12.4. The summed E-state index contributed by atoms with van der Waals surface area (Å²) in [5, 5.41) is 21.9. The fraction of sp³-hybridized carbons (Fsp3) is 0.143. The molecule has 0 aliphatic heterocycles. The van der Waals surface area contributed by atoms with E-state index in [2.05, 4.69) is 32.7 Å². The van der Waals surface area contributed by atoms with Gasteiger partial charge in [-0.2, -0.15) is 15.0 Å². The normalized spacial score (nSPS) is 11.8. The number of nitrogens with zero attached hydrogens (tertiary/aromatic N) is 5. The molecule has 0 spiro atoms. The van der Waals surface area contributed by atoms with Crippen LogP contribution in [0.1, 0.15) is 29.4 Å². The average molecular weight is 411 g/mol. The van der Waals surface area contributed by atoms with Crippen molar-refractivity contribution in [3.05, 3.63) is 71.6 Å². The van der Waals surface area contributed by atoms with Crippen molar-refractivity contribution in [1.82, 2.24) is 14.9 Å².